The van der Waals surface area contributed by atoms with Gasteiger partial charge in [0.2, 0.25) is 5.91 Å². The lowest BCUT2D eigenvalue weighted by Crippen LogP contribution is -2.28. The first kappa shape index (κ1) is 31.4. The molecular weight excluding hydrogens is 496 g/mol. The molecule has 0 aliphatic carbocycles. The minimum absolute atomic E-state index is 0.00125. The number of nitrogens with zero attached hydrogens (tertiary/aromatic N) is 1. The summed E-state index contributed by atoms with van der Waals surface area (Å²) in [6.07, 6.45) is 9.94. The number of aliphatic hydroxyl groups excluding tert-OH is 1. The van der Waals surface area contributed by atoms with Crippen LogP contribution in [0.1, 0.15) is 70.1 Å². The Morgan fingerprint density at radius 2 is 1.80 bits per heavy atom. The van der Waals surface area contributed by atoms with E-state index in [9.17, 15) is 4.79 Å². The van der Waals surface area contributed by atoms with Crippen molar-refractivity contribution < 1.29 is 14.6 Å². The van der Waals surface area contributed by atoms with E-state index in [-0.39, 0.29) is 23.3 Å². The van der Waals surface area contributed by atoms with Gasteiger partial charge in [0.15, 0.2) is 0 Å². The van der Waals surface area contributed by atoms with Crippen LogP contribution in [0.4, 0.5) is 5.69 Å². The normalized spacial score (nSPS) is 15.6. The molecule has 2 N–H and O–H groups in total. The third-order valence-corrected chi connectivity index (χ3v) is 8.06. The molecule has 3 rings (SSSR count). The number of benzene rings is 2. The van der Waals surface area contributed by atoms with Gasteiger partial charge in [-0.15, -0.1) is 0 Å². The van der Waals surface area contributed by atoms with E-state index in [0.29, 0.717) is 26.2 Å². The molecule has 0 atom stereocenters. The molecule has 1 aliphatic heterocycles. The molecule has 0 spiro atoms. The Hall–Kier alpha value is -3.15. The number of carbonyl (C=O) groups excluding carboxylic acids is 1. The van der Waals surface area contributed by atoms with E-state index < -0.39 is 0 Å². The molecule has 0 saturated carbocycles. The van der Waals surface area contributed by atoms with Crippen LogP contribution in [0, 0.1) is 6.92 Å². The number of ether oxygens (including phenoxy) is 1. The smallest absolute Gasteiger partial charge is 0.220 e. The van der Waals surface area contributed by atoms with E-state index >= 15 is 0 Å². The van der Waals surface area contributed by atoms with Gasteiger partial charge in [-0.3, -0.25) is 4.79 Å². The lowest BCUT2D eigenvalue weighted by molar-refractivity contribution is -0.121. The number of allylic oxidation sites excluding steroid dienone is 5. The number of hydrogen-bond donors (Lipinski definition) is 2. The average Bonchev–Trinajstić information content (AvgIpc) is 3.14. The third kappa shape index (κ3) is 7.74. The highest BCUT2D eigenvalue weighted by Crippen LogP contribution is 2.47. The number of rotatable bonds is 15. The van der Waals surface area contributed by atoms with Gasteiger partial charge in [-0.05, 0) is 54.2 Å². The van der Waals surface area contributed by atoms with Gasteiger partial charge in [-0.1, -0.05) is 95.3 Å². The fourth-order valence-electron chi connectivity index (χ4n) is 5.54. The maximum absolute atomic E-state index is 12.1. The molecule has 1 amide bonds. The summed E-state index contributed by atoms with van der Waals surface area (Å²) in [6.45, 7) is 17.8. The first-order valence-electron chi connectivity index (χ1n) is 14.6. The number of unbranched alkanes of at least 4 members (excludes halogenated alkanes) is 2. The van der Waals surface area contributed by atoms with E-state index in [4.69, 9.17) is 9.84 Å². The van der Waals surface area contributed by atoms with Crippen LogP contribution in [-0.2, 0) is 20.4 Å². The SMILES string of the molecule is C=C(/C=C/C=C1/N(CCCCCC(=O)NCCOCCO)c2ccccc2C1(C)C)C(C)(C)c1ccccc1C. The molecule has 5 heteroatoms. The monoisotopic (exact) mass is 544 g/mol. The van der Waals surface area contributed by atoms with Crippen molar-refractivity contribution in [1.29, 1.82) is 0 Å². The van der Waals surface area contributed by atoms with E-state index in [1.165, 1.54) is 28.1 Å². The van der Waals surface area contributed by atoms with Crippen LogP contribution in [-0.4, -0.2) is 43.9 Å². The number of carbonyl (C=O) groups is 1. The summed E-state index contributed by atoms with van der Waals surface area (Å²) in [5.41, 5.74) is 7.30. The molecule has 216 valence electrons. The Morgan fingerprint density at radius 1 is 1.07 bits per heavy atom. The summed E-state index contributed by atoms with van der Waals surface area (Å²) >= 11 is 0. The van der Waals surface area contributed by atoms with Crippen LogP contribution in [0.5, 0.6) is 0 Å². The summed E-state index contributed by atoms with van der Waals surface area (Å²) in [6, 6.07) is 17.2. The molecular formula is C35H48N2O3. The number of para-hydroxylation sites is 1. The van der Waals surface area contributed by atoms with E-state index in [1.54, 1.807) is 0 Å². The van der Waals surface area contributed by atoms with Crippen molar-refractivity contribution in [2.24, 2.45) is 0 Å². The Bertz CT molecular complexity index is 1210. The molecule has 0 aromatic heterocycles. The molecule has 0 fully saturated rings. The Labute approximate surface area is 241 Å². The van der Waals surface area contributed by atoms with Gasteiger partial charge < -0.3 is 20.1 Å². The fourth-order valence-corrected chi connectivity index (χ4v) is 5.54. The lowest BCUT2D eigenvalue weighted by Gasteiger charge is -2.28. The molecule has 40 heavy (non-hydrogen) atoms. The highest BCUT2D eigenvalue weighted by Gasteiger charge is 2.39. The minimum atomic E-state index is -0.160. The van der Waals surface area contributed by atoms with Gasteiger partial charge in [0.25, 0.3) is 0 Å². The number of nitrogens with one attached hydrogen (secondary N) is 1. The topological polar surface area (TPSA) is 61.8 Å². The molecule has 5 nitrogen and oxygen atoms in total. The van der Waals surface area contributed by atoms with Gasteiger partial charge in [-0.2, -0.15) is 0 Å². The predicted molar refractivity (Wildman–Crippen MR) is 167 cm³/mol. The fraction of sp³-hybridized carbons (Fsp3) is 0.457. The number of anilines is 1. The van der Waals surface area contributed by atoms with Crippen molar-refractivity contribution >= 4 is 11.6 Å². The lowest BCUT2D eigenvalue weighted by atomic mass is 9.76. The Balaban J connectivity index is 1.64. The number of amides is 1. The van der Waals surface area contributed by atoms with Crippen LogP contribution < -0.4 is 10.2 Å². The van der Waals surface area contributed by atoms with E-state index in [2.05, 4.69) is 118 Å². The predicted octanol–water partition coefficient (Wildman–Crippen LogP) is 6.75. The zero-order valence-electron chi connectivity index (χ0n) is 25.1. The van der Waals surface area contributed by atoms with Gasteiger partial charge >= 0.3 is 0 Å². The van der Waals surface area contributed by atoms with Crippen molar-refractivity contribution in [3.8, 4) is 0 Å². The summed E-state index contributed by atoms with van der Waals surface area (Å²) in [5.74, 6) is 0.0554. The van der Waals surface area contributed by atoms with Crippen molar-refractivity contribution in [2.75, 3.05) is 37.8 Å². The first-order valence-corrected chi connectivity index (χ1v) is 14.6. The quantitative estimate of drug-likeness (QED) is 0.192. The maximum atomic E-state index is 12.1. The highest BCUT2D eigenvalue weighted by molar-refractivity contribution is 5.75. The molecule has 0 unspecified atom stereocenters. The van der Waals surface area contributed by atoms with Crippen molar-refractivity contribution in [1.82, 2.24) is 5.32 Å². The molecule has 0 saturated heterocycles. The number of hydrogen-bond acceptors (Lipinski definition) is 4. The largest absolute Gasteiger partial charge is 0.394 e. The summed E-state index contributed by atoms with van der Waals surface area (Å²) in [5, 5.41) is 11.6. The van der Waals surface area contributed by atoms with E-state index in [0.717, 1.165) is 31.4 Å². The van der Waals surface area contributed by atoms with E-state index in [1.807, 2.05) is 0 Å². The zero-order chi connectivity index (χ0) is 29.2. The molecule has 0 bridgehead atoms. The molecule has 2 aromatic rings. The number of aryl methyl sites for hydroxylation is 1. The summed E-state index contributed by atoms with van der Waals surface area (Å²) in [4.78, 5) is 14.6. The van der Waals surface area contributed by atoms with Gasteiger partial charge in [0, 0.05) is 41.7 Å². The van der Waals surface area contributed by atoms with Crippen LogP contribution in [0.15, 0.2) is 84.6 Å². The van der Waals surface area contributed by atoms with Crippen LogP contribution >= 0.6 is 0 Å². The van der Waals surface area contributed by atoms with Crippen molar-refractivity contribution in [3.63, 3.8) is 0 Å². The van der Waals surface area contributed by atoms with Crippen LogP contribution in [0.25, 0.3) is 0 Å². The Morgan fingerprint density at radius 3 is 2.55 bits per heavy atom. The summed E-state index contributed by atoms with van der Waals surface area (Å²) < 4.78 is 5.19. The number of aliphatic hydroxyl groups is 1. The zero-order valence-corrected chi connectivity index (χ0v) is 25.1. The average molecular weight is 545 g/mol. The Kier molecular flexibility index (Phi) is 11.4. The van der Waals surface area contributed by atoms with Gasteiger partial charge in [0.05, 0.1) is 19.8 Å². The second-order valence-electron chi connectivity index (χ2n) is 11.7. The van der Waals surface area contributed by atoms with Crippen molar-refractivity contribution in [2.45, 2.75) is 71.1 Å². The second kappa shape index (κ2) is 14.5. The molecule has 1 heterocycles. The highest BCUT2D eigenvalue weighted by atomic mass is 16.5. The van der Waals surface area contributed by atoms with Gasteiger partial charge in [-0.25, -0.2) is 0 Å². The second-order valence-corrected chi connectivity index (χ2v) is 11.7. The number of fused-ring (bicyclic) bond motifs is 1. The third-order valence-electron chi connectivity index (χ3n) is 8.06. The molecule has 0 radical (unpaired) electrons. The van der Waals surface area contributed by atoms with Crippen molar-refractivity contribution in [3.05, 3.63) is 101 Å². The first-order chi connectivity index (χ1) is 19.1. The van der Waals surface area contributed by atoms with Gasteiger partial charge in [0.1, 0.15) is 0 Å². The molecule has 2 aromatic carbocycles. The maximum Gasteiger partial charge on any atom is 0.220 e. The minimum Gasteiger partial charge on any atom is -0.394 e. The molecule has 1 aliphatic rings. The van der Waals surface area contributed by atoms with Crippen LogP contribution in [0.2, 0.25) is 0 Å². The summed E-state index contributed by atoms with van der Waals surface area (Å²) in [7, 11) is 0. The standard InChI is InChI=1S/C35H48N2O3/c1-27-15-9-10-17-29(27)34(3,4)28(2)16-14-20-32-35(5,6)30-18-11-12-19-31(30)37(32)23-13-7-8-21-33(39)36-22-25-40-26-24-38/h9-12,14-20,38H,2,7-8,13,21-26H2,1,3-6H3,(H,36,39)/b16-14+,32-20+. The van der Waals surface area contributed by atoms with Crippen LogP contribution in [0.3, 0.4) is 0 Å².